The zero-order valence-electron chi connectivity index (χ0n) is 16.8. The smallest absolute Gasteiger partial charge is 0.271 e. The number of hydrogen-bond donors (Lipinski definition) is 2. The Kier molecular flexibility index (Phi) is 5.30. The third kappa shape index (κ3) is 3.73. The van der Waals surface area contributed by atoms with Crippen LogP contribution >= 0.6 is 0 Å². The molecule has 0 bridgehead atoms. The van der Waals surface area contributed by atoms with E-state index in [4.69, 9.17) is 0 Å². The Morgan fingerprint density at radius 2 is 1.90 bits per heavy atom. The molecule has 1 aromatic heterocycles. The molecule has 2 fully saturated rings. The van der Waals surface area contributed by atoms with Crippen LogP contribution in [-0.4, -0.2) is 45.6 Å². The molecule has 0 radical (unpaired) electrons. The van der Waals surface area contributed by atoms with Crippen LogP contribution in [0, 0.1) is 5.41 Å². The number of para-hydroxylation sites is 1. The van der Waals surface area contributed by atoms with Crippen LogP contribution in [0.2, 0.25) is 0 Å². The van der Waals surface area contributed by atoms with E-state index >= 15 is 0 Å². The second-order valence-corrected chi connectivity index (χ2v) is 8.19. The number of nitrogens with zero attached hydrogens (tertiary/aromatic N) is 2. The molecule has 1 aliphatic heterocycles. The number of hydrogen-bond acceptors (Lipinski definition) is 3. The topological polar surface area (TPSA) is 87.2 Å². The van der Waals surface area contributed by atoms with Gasteiger partial charge in [0.15, 0.2) is 0 Å². The Hall–Kier alpha value is -2.83. The summed E-state index contributed by atoms with van der Waals surface area (Å²) in [6.07, 6.45) is 5.48. The fourth-order valence-electron chi connectivity index (χ4n) is 4.90. The summed E-state index contributed by atoms with van der Waals surface area (Å²) in [6.45, 7) is 3.42. The normalized spacial score (nSPS) is 20.7. The summed E-state index contributed by atoms with van der Waals surface area (Å²) in [6, 6.07) is 10.6. The van der Waals surface area contributed by atoms with Crippen LogP contribution in [0.5, 0.6) is 0 Å². The highest BCUT2D eigenvalue weighted by Gasteiger charge is 2.45. The molecule has 1 atom stereocenters. The summed E-state index contributed by atoms with van der Waals surface area (Å²) < 4.78 is 1.38. The monoisotopic (exact) mass is 396 g/mol. The highest BCUT2D eigenvalue weighted by molar-refractivity contribution is 5.92. The second kappa shape index (κ2) is 7.89. The third-order valence-electron chi connectivity index (χ3n) is 6.61. The minimum Gasteiger partial charge on any atom is -0.347 e. The predicted octanol–water partition coefficient (Wildman–Crippen LogP) is 2.47. The first-order valence-corrected chi connectivity index (χ1v) is 10.5. The van der Waals surface area contributed by atoms with Crippen molar-refractivity contribution in [1.29, 1.82) is 0 Å². The summed E-state index contributed by atoms with van der Waals surface area (Å²) in [7, 11) is 0. The molecule has 4 rings (SSSR count). The summed E-state index contributed by atoms with van der Waals surface area (Å²) in [4.78, 5) is 39.1. The molecule has 2 N–H and O–H groups in total. The van der Waals surface area contributed by atoms with Gasteiger partial charge in [0, 0.05) is 31.6 Å². The standard InChI is InChI=1S/C22H28N4O3/c1-2-19(27)25-13-11-22(12-14-25)10-6-9-18(22)23-21(29)17-15-20(28)26(24-17)16-7-4-3-5-8-16/h3-5,7-8,15,18,24H,2,6,9-14H2,1H3,(H,23,29). The van der Waals surface area contributed by atoms with Crippen molar-refractivity contribution in [1.82, 2.24) is 20.0 Å². The molecule has 2 aliphatic rings. The van der Waals surface area contributed by atoms with Crippen LogP contribution in [-0.2, 0) is 4.79 Å². The summed E-state index contributed by atoms with van der Waals surface area (Å²) in [5, 5.41) is 6.11. The van der Waals surface area contributed by atoms with Gasteiger partial charge in [0.25, 0.3) is 11.5 Å². The summed E-state index contributed by atoms with van der Waals surface area (Å²) in [5.74, 6) is -0.0339. The van der Waals surface area contributed by atoms with Crippen molar-refractivity contribution in [2.24, 2.45) is 5.41 Å². The van der Waals surface area contributed by atoms with Gasteiger partial charge >= 0.3 is 0 Å². The number of aromatic amines is 1. The number of carbonyl (C=O) groups excluding carboxylic acids is 2. The Morgan fingerprint density at radius 3 is 2.59 bits per heavy atom. The zero-order valence-corrected chi connectivity index (χ0v) is 16.8. The molecule has 154 valence electrons. The Labute approximate surface area is 170 Å². The van der Waals surface area contributed by atoms with Gasteiger partial charge in [-0.15, -0.1) is 0 Å². The van der Waals surface area contributed by atoms with Gasteiger partial charge < -0.3 is 10.2 Å². The van der Waals surface area contributed by atoms with Gasteiger partial charge in [0.2, 0.25) is 5.91 Å². The van der Waals surface area contributed by atoms with Crippen molar-refractivity contribution in [2.75, 3.05) is 13.1 Å². The molecular formula is C22H28N4O3. The number of rotatable bonds is 4. The van der Waals surface area contributed by atoms with Crippen LogP contribution in [0.25, 0.3) is 5.69 Å². The molecule has 7 nitrogen and oxygen atoms in total. The lowest BCUT2D eigenvalue weighted by atomic mass is 9.74. The Bertz CT molecular complexity index is 938. The highest BCUT2D eigenvalue weighted by Crippen LogP contribution is 2.46. The largest absolute Gasteiger partial charge is 0.347 e. The lowest BCUT2D eigenvalue weighted by Crippen LogP contribution is -2.51. The minimum absolute atomic E-state index is 0.0580. The Balaban J connectivity index is 1.46. The second-order valence-electron chi connectivity index (χ2n) is 8.19. The lowest BCUT2D eigenvalue weighted by molar-refractivity contribution is -0.133. The average Bonchev–Trinajstić information content (AvgIpc) is 3.32. The van der Waals surface area contributed by atoms with Gasteiger partial charge in [0.05, 0.1) is 5.69 Å². The van der Waals surface area contributed by atoms with Gasteiger partial charge in [-0.2, -0.15) is 0 Å². The first kappa shape index (κ1) is 19.5. The quantitative estimate of drug-likeness (QED) is 0.832. The van der Waals surface area contributed by atoms with Crippen molar-refractivity contribution in [3.63, 3.8) is 0 Å². The van der Waals surface area contributed by atoms with E-state index in [0.717, 1.165) is 45.2 Å². The number of benzene rings is 1. The van der Waals surface area contributed by atoms with Gasteiger partial charge in [0.1, 0.15) is 5.69 Å². The minimum atomic E-state index is -0.256. The summed E-state index contributed by atoms with van der Waals surface area (Å²) >= 11 is 0. The van der Waals surface area contributed by atoms with E-state index in [1.54, 1.807) is 0 Å². The van der Waals surface area contributed by atoms with Crippen molar-refractivity contribution in [3.8, 4) is 5.69 Å². The van der Waals surface area contributed by atoms with Crippen LogP contribution in [0.1, 0.15) is 55.9 Å². The van der Waals surface area contributed by atoms with E-state index in [2.05, 4.69) is 10.4 Å². The molecule has 1 aliphatic carbocycles. The van der Waals surface area contributed by atoms with Crippen molar-refractivity contribution >= 4 is 11.8 Å². The molecule has 7 heteroatoms. The first-order valence-electron chi connectivity index (χ1n) is 10.5. The van der Waals surface area contributed by atoms with Gasteiger partial charge in [-0.25, -0.2) is 4.68 Å². The molecule has 1 spiro atoms. The van der Waals surface area contributed by atoms with Crippen LogP contribution < -0.4 is 10.9 Å². The van der Waals surface area contributed by atoms with Gasteiger partial charge in [-0.3, -0.25) is 19.5 Å². The molecule has 29 heavy (non-hydrogen) atoms. The van der Waals surface area contributed by atoms with E-state index in [1.807, 2.05) is 42.2 Å². The van der Waals surface area contributed by atoms with E-state index in [1.165, 1.54) is 10.7 Å². The first-order chi connectivity index (χ1) is 14.0. The highest BCUT2D eigenvalue weighted by atomic mass is 16.2. The number of carbonyl (C=O) groups is 2. The van der Waals surface area contributed by atoms with E-state index in [0.29, 0.717) is 12.1 Å². The maximum absolute atomic E-state index is 12.9. The molecular weight excluding hydrogens is 368 g/mol. The number of aromatic nitrogens is 2. The third-order valence-corrected chi connectivity index (χ3v) is 6.61. The van der Waals surface area contributed by atoms with E-state index < -0.39 is 0 Å². The number of nitrogens with one attached hydrogen (secondary N) is 2. The summed E-state index contributed by atoms with van der Waals surface area (Å²) in [5.41, 5.74) is 0.776. The lowest BCUT2D eigenvalue weighted by Gasteiger charge is -2.43. The number of likely N-dealkylation sites (tertiary alicyclic amines) is 1. The van der Waals surface area contributed by atoms with Gasteiger partial charge in [-0.05, 0) is 43.2 Å². The molecule has 1 unspecified atom stereocenters. The number of H-pyrrole nitrogens is 1. The molecule has 2 aromatic rings. The Morgan fingerprint density at radius 1 is 1.17 bits per heavy atom. The van der Waals surface area contributed by atoms with Crippen molar-refractivity contribution in [3.05, 3.63) is 52.4 Å². The maximum atomic E-state index is 12.9. The SMILES string of the molecule is CCC(=O)N1CCC2(CCCC2NC(=O)c2cc(=O)n(-c3ccccc3)[nH]2)CC1. The maximum Gasteiger partial charge on any atom is 0.271 e. The molecule has 2 amide bonds. The van der Waals surface area contributed by atoms with Crippen LogP contribution in [0.3, 0.4) is 0 Å². The zero-order chi connectivity index (χ0) is 20.4. The predicted molar refractivity (Wildman–Crippen MR) is 110 cm³/mol. The molecule has 2 heterocycles. The number of amides is 2. The fraction of sp³-hybridized carbons (Fsp3) is 0.500. The average molecular weight is 396 g/mol. The molecule has 1 saturated carbocycles. The van der Waals surface area contributed by atoms with Crippen molar-refractivity contribution < 1.29 is 9.59 Å². The van der Waals surface area contributed by atoms with Crippen LogP contribution in [0.4, 0.5) is 0 Å². The number of piperidine rings is 1. The van der Waals surface area contributed by atoms with Gasteiger partial charge in [-0.1, -0.05) is 31.5 Å². The van der Waals surface area contributed by atoms with Crippen molar-refractivity contribution in [2.45, 2.75) is 51.5 Å². The fourth-order valence-corrected chi connectivity index (χ4v) is 4.90. The van der Waals surface area contributed by atoms with E-state index in [9.17, 15) is 14.4 Å². The van der Waals surface area contributed by atoms with E-state index in [-0.39, 0.29) is 34.5 Å². The molecule has 1 saturated heterocycles. The molecule has 1 aromatic carbocycles. The van der Waals surface area contributed by atoms with Crippen LogP contribution in [0.15, 0.2) is 41.2 Å².